The summed E-state index contributed by atoms with van der Waals surface area (Å²) < 4.78 is 11.2. The number of rotatable bonds is 8. The number of nitrogens with zero attached hydrogens (tertiary/aromatic N) is 3. The molecule has 7 nitrogen and oxygen atoms in total. The van der Waals surface area contributed by atoms with Gasteiger partial charge in [-0.05, 0) is 50.5 Å². The van der Waals surface area contributed by atoms with Gasteiger partial charge in [-0.1, -0.05) is 29.8 Å². The first-order valence-corrected chi connectivity index (χ1v) is 11.6. The van der Waals surface area contributed by atoms with Gasteiger partial charge in [0.25, 0.3) is 0 Å². The molecule has 4 rings (SSSR count). The summed E-state index contributed by atoms with van der Waals surface area (Å²) in [5, 5.41) is 6.83. The summed E-state index contributed by atoms with van der Waals surface area (Å²) in [5.74, 6) is 2.89. The largest absolute Gasteiger partial charge is 0.495 e. The van der Waals surface area contributed by atoms with Crippen molar-refractivity contribution in [2.24, 2.45) is 10.9 Å². The van der Waals surface area contributed by atoms with E-state index in [2.05, 4.69) is 58.6 Å². The highest BCUT2D eigenvalue weighted by molar-refractivity contribution is 5.79. The van der Waals surface area contributed by atoms with Crippen molar-refractivity contribution in [3.63, 3.8) is 0 Å². The second-order valence-electron chi connectivity index (χ2n) is 8.36. The lowest BCUT2D eigenvalue weighted by Gasteiger charge is -2.21. The van der Waals surface area contributed by atoms with E-state index in [9.17, 15) is 0 Å². The van der Waals surface area contributed by atoms with Crippen molar-refractivity contribution < 1.29 is 9.15 Å². The molecular formula is C26H33N5O2. The van der Waals surface area contributed by atoms with Crippen LogP contribution in [0.1, 0.15) is 24.6 Å². The van der Waals surface area contributed by atoms with Gasteiger partial charge in [0, 0.05) is 31.7 Å². The maximum absolute atomic E-state index is 5.66. The van der Waals surface area contributed by atoms with E-state index in [1.54, 1.807) is 13.4 Å². The molecular weight excluding hydrogens is 414 g/mol. The fraction of sp³-hybridized carbons (Fsp3) is 0.385. The summed E-state index contributed by atoms with van der Waals surface area (Å²) in [7, 11) is 1.73. The van der Waals surface area contributed by atoms with Crippen LogP contribution in [0.3, 0.4) is 0 Å². The topological polar surface area (TPSA) is 74.9 Å². The van der Waals surface area contributed by atoms with Crippen LogP contribution in [0.4, 0.5) is 5.69 Å². The Kier molecular flexibility index (Phi) is 7.50. The van der Waals surface area contributed by atoms with Gasteiger partial charge >= 0.3 is 0 Å². The van der Waals surface area contributed by atoms with Crippen LogP contribution >= 0.6 is 0 Å². The number of guanidine groups is 1. The molecule has 174 valence electrons. The first-order chi connectivity index (χ1) is 16.2. The predicted octanol–water partition coefficient (Wildman–Crippen LogP) is 4.24. The van der Waals surface area contributed by atoms with Gasteiger partial charge in [0.05, 0.1) is 19.3 Å². The zero-order chi connectivity index (χ0) is 23.0. The Hall–Kier alpha value is -3.48. The molecule has 0 bridgehead atoms. The van der Waals surface area contributed by atoms with Crippen LogP contribution in [-0.4, -0.2) is 44.2 Å². The lowest BCUT2D eigenvalue weighted by molar-refractivity contribution is 0.414. The molecule has 0 spiro atoms. The average molecular weight is 448 g/mol. The number of para-hydroxylation sites is 2. The summed E-state index contributed by atoms with van der Waals surface area (Å²) in [6.07, 6.45) is 2.82. The van der Waals surface area contributed by atoms with Crippen LogP contribution in [-0.2, 0) is 6.54 Å². The molecule has 3 aromatic rings. The van der Waals surface area contributed by atoms with E-state index in [0.717, 1.165) is 55.6 Å². The van der Waals surface area contributed by atoms with Crippen molar-refractivity contribution in [2.45, 2.75) is 26.8 Å². The van der Waals surface area contributed by atoms with E-state index in [1.165, 1.54) is 11.3 Å². The molecule has 1 aliphatic heterocycles. The van der Waals surface area contributed by atoms with Gasteiger partial charge in [0.1, 0.15) is 17.7 Å². The van der Waals surface area contributed by atoms with E-state index in [0.29, 0.717) is 18.4 Å². The number of hydrogen-bond donors (Lipinski definition) is 2. The van der Waals surface area contributed by atoms with E-state index in [-0.39, 0.29) is 0 Å². The van der Waals surface area contributed by atoms with Crippen LogP contribution in [0.25, 0.3) is 11.5 Å². The van der Waals surface area contributed by atoms with Crippen molar-refractivity contribution in [3.05, 3.63) is 66.1 Å². The molecule has 2 N–H and O–H groups in total. The molecule has 33 heavy (non-hydrogen) atoms. The fourth-order valence-corrected chi connectivity index (χ4v) is 4.06. The van der Waals surface area contributed by atoms with E-state index in [1.807, 2.05) is 24.3 Å². The number of nitrogens with one attached hydrogen (secondary N) is 2. The van der Waals surface area contributed by atoms with E-state index < -0.39 is 0 Å². The third kappa shape index (κ3) is 5.86. The molecule has 1 aromatic heterocycles. The van der Waals surface area contributed by atoms with Crippen molar-refractivity contribution in [1.82, 2.24) is 15.6 Å². The van der Waals surface area contributed by atoms with Crippen LogP contribution < -0.4 is 20.3 Å². The summed E-state index contributed by atoms with van der Waals surface area (Å²) >= 11 is 0. The first-order valence-electron chi connectivity index (χ1n) is 11.6. The summed E-state index contributed by atoms with van der Waals surface area (Å²) in [4.78, 5) is 11.7. The molecule has 1 atom stereocenters. The maximum atomic E-state index is 5.66. The highest BCUT2D eigenvalue weighted by Crippen LogP contribution is 2.31. The number of benzene rings is 2. The number of methoxy groups -OCH3 is 1. The second kappa shape index (κ2) is 10.9. The zero-order valence-corrected chi connectivity index (χ0v) is 19.7. The Balaban J connectivity index is 1.32. The number of aromatic nitrogens is 1. The van der Waals surface area contributed by atoms with Gasteiger partial charge in [0.15, 0.2) is 5.96 Å². The first kappa shape index (κ1) is 22.7. The molecule has 1 unspecified atom stereocenters. The van der Waals surface area contributed by atoms with Crippen LogP contribution in [0, 0.1) is 12.8 Å². The zero-order valence-electron chi connectivity index (χ0n) is 19.7. The Morgan fingerprint density at radius 3 is 2.79 bits per heavy atom. The number of hydrogen-bond acceptors (Lipinski definition) is 5. The Labute approximate surface area is 195 Å². The Bertz CT molecular complexity index is 1060. The fourth-order valence-electron chi connectivity index (χ4n) is 4.06. The minimum atomic E-state index is 0.461. The number of aliphatic imine (C=N–C) groups is 1. The third-order valence-corrected chi connectivity index (χ3v) is 5.86. The summed E-state index contributed by atoms with van der Waals surface area (Å²) in [6.45, 7) is 8.29. The molecule has 1 aliphatic rings. The van der Waals surface area contributed by atoms with Gasteiger partial charge < -0.3 is 24.7 Å². The molecule has 0 amide bonds. The molecule has 0 saturated carbocycles. The lowest BCUT2D eigenvalue weighted by atomic mass is 10.1. The highest BCUT2D eigenvalue weighted by Gasteiger charge is 2.24. The molecule has 1 fully saturated rings. The van der Waals surface area contributed by atoms with Crippen LogP contribution in [0.2, 0.25) is 0 Å². The van der Waals surface area contributed by atoms with Gasteiger partial charge in [-0.25, -0.2) is 9.98 Å². The maximum Gasteiger partial charge on any atom is 0.226 e. The molecule has 2 aromatic carbocycles. The number of aryl methyl sites for hydroxylation is 1. The van der Waals surface area contributed by atoms with Crippen molar-refractivity contribution in [2.75, 3.05) is 38.2 Å². The van der Waals surface area contributed by atoms with E-state index >= 15 is 0 Å². The number of oxazole rings is 1. The summed E-state index contributed by atoms with van der Waals surface area (Å²) in [6, 6.07) is 16.4. The van der Waals surface area contributed by atoms with Crippen molar-refractivity contribution in [1.29, 1.82) is 0 Å². The minimum Gasteiger partial charge on any atom is -0.495 e. The molecule has 2 heterocycles. The second-order valence-corrected chi connectivity index (χ2v) is 8.36. The van der Waals surface area contributed by atoms with Crippen LogP contribution in [0.5, 0.6) is 5.75 Å². The Morgan fingerprint density at radius 2 is 2.00 bits per heavy atom. The van der Waals surface area contributed by atoms with E-state index in [4.69, 9.17) is 14.1 Å². The monoisotopic (exact) mass is 447 g/mol. The number of ether oxygens (including phenoxy) is 1. The van der Waals surface area contributed by atoms with Gasteiger partial charge in [0.2, 0.25) is 5.89 Å². The average Bonchev–Trinajstić information content (AvgIpc) is 3.51. The predicted molar refractivity (Wildman–Crippen MR) is 133 cm³/mol. The summed E-state index contributed by atoms with van der Waals surface area (Å²) in [5.41, 5.74) is 4.16. The SMILES string of the molecule is CCNC(=NCc1coc(-c2ccc(C)cc2)n1)NCC1CCN(c2ccccc2OC)C1. The Morgan fingerprint density at radius 1 is 1.18 bits per heavy atom. The van der Waals surface area contributed by atoms with Crippen molar-refractivity contribution in [3.8, 4) is 17.2 Å². The highest BCUT2D eigenvalue weighted by atomic mass is 16.5. The van der Waals surface area contributed by atoms with Crippen molar-refractivity contribution >= 4 is 11.6 Å². The molecule has 1 saturated heterocycles. The quantitative estimate of drug-likeness (QED) is 0.397. The molecule has 0 aliphatic carbocycles. The van der Waals surface area contributed by atoms with Crippen LogP contribution in [0.15, 0.2) is 64.2 Å². The normalized spacial score (nSPS) is 16.2. The van der Waals surface area contributed by atoms with Gasteiger partial charge in [-0.3, -0.25) is 0 Å². The molecule has 7 heteroatoms. The van der Waals surface area contributed by atoms with Gasteiger partial charge in [-0.15, -0.1) is 0 Å². The number of anilines is 1. The molecule has 0 radical (unpaired) electrons. The van der Waals surface area contributed by atoms with Gasteiger partial charge in [-0.2, -0.15) is 0 Å². The smallest absolute Gasteiger partial charge is 0.226 e. The standard InChI is InChI=1S/C26H33N5O2/c1-4-27-26(29-16-22-18-33-25(30-22)21-11-9-19(2)10-12-21)28-15-20-13-14-31(17-20)23-7-5-6-8-24(23)32-3/h5-12,18,20H,4,13-17H2,1-3H3,(H2,27,28,29). The minimum absolute atomic E-state index is 0.461. The lowest BCUT2D eigenvalue weighted by Crippen LogP contribution is -2.40. The third-order valence-electron chi connectivity index (χ3n) is 5.86.